The molecule has 2 aromatic rings. The summed E-state index contributed by atoms with van der Waals surface area (Å²) >= 11 is 1.79. The fraction of sp³-hybridized carbons (Fsp3) is 0.294. The van der Waals surface area contributed by atoms with Gasteiger partial charge in [0.1, 0.15) is 11.5 Å². The summed E-state index contributed by atoms with van der Waals surface area (Å²) in [6.07, 6.45) is 1.05. The van der Waals surface area contributed by atoms with E-state index in [4.69, 9.17) is 15.2 Å². The van der Waals surface area contributed by atoms with Crippen LogP contribution in [-0.2, 0) is 0 Å². The van der Waals surface area contributed by atoms with Gasteiger partial charge in [0, 0.05) is 22.3 Å². The highest BCUT2D eigenvalue weighted by Gasteiger charge is 2.21. The van der Waals surface area contributed by atoms with Crippen LogP contribution in [0, 0.1) is 0 Å². The average Bonchev–Trinajstić information content (AvgIpc) is 2.54. The van der Waals surface area contributed by atoms with Crippen molar-refractivity contribution in [1.29, 1.82) is 0 Å². The normalized spacial score (nSPS) is 16.9. The second-order valence-corrected chi connectivity index (χ2v) is 6.15. The first-order valence-corrected chi connectivity index (χ1v) is 8.04. The van der Waals surface area contributed by atoms with E-state index in [1.54, 1.807) is 18.9 Å². The highest BCUT2D eigenvalue weighted by atomic mass is 32.2. The third-order valence-corrected chi connectivity index (χ3v) is 4.98. The quantitative estimate of drug-likeness (QED) is 0.686. The molecule has 0 fully saturated rings. The molecule has 3 nitrogen and oxygen atoms in total. The monoisotopic (exact) mass is 301 g/mol. The Morgan fingerprint density at radius 3 is 3.00 bits per heavy atom. The van der Waals surface area contributed by atoms with Gasteiger partial charge in [-0.25, -0.2) is 0 Å². The van der Waals surface area contributed by atoms with Crippen LogP contribution < -0.4 is 15.2 Å². The van der Waals surface area contributed by atoms with Crippen molar-refractivity contribution in [2.75, 3.05) is 25.2 Å². The molecule has 3 rings (SSSR count). The van der Waals surface area contributed by atoms with Crippen LogP contribution in [0.15, 0.2) is 47.4 Å². The number of fused-ring (bicyclic) bond motifs is 1. The molecule has 2 N–H and O–H groups in total. The lowest BCUT2D eigenvalue weighted by Gasteiger charge is -2.25. The molecule has 110 valence electrons. The van der Waals surface area contributed by atoms with Crippen LogP contribution in [0.1, 0.15) is 17.9 Å². The molecule has 0 saturated carbocycles. The number of ether oxygens (including phenoxy) is 2. The Labute approximate surface area is 129 Å². The van der Waals surface area contributed by atoms with E-state index in [0.717, 1.165) is 40.9 Å². The molecule has 0 bridgehead atoms. The van der Waals surface area contributed by atoms with Crippen molar-refractivity contribution in [3.63, 3.8) is 0 Å². The molecule has 1 aliphatic heterocycles. The van der Waals surface area contributed by atoms with Gasteiger partial charge in [-0.05, 0) is 36.2 Å². The molecule has 0 spiro atoms. The molecular weight excluding hydrogens is 282 g/mol. The maximum atomic E-state index is 6.05. The summed E-state index contributed by atoms with van der Waals surface area (Å²) < 4.78 is 11.0. The first-order chi connectivity index (χ1) is 10.3. The van der Waals surface area contributed by atoms with Crippen LogP contribution >= 0.6 is 11.8 Å². The summed E-state index contributed by atoms with van der Waals surface area (Å²) in [4.78, 5) is 1.08. The van der Waals surface area contributed by atoms with Crippen LogP contribution in [0.3, 0.4) is 0 Å². The van der Waals surface area contributed by atoms with Gasteiger partial charge in [0.25, 0.3) is 0 Å². The molecule has 0 aromatic heterocycles. The molecule has 1 heterocycles. The molecule has 0 saturated heterocycles. The van der Waals surface area contributed by atoms with Crippen LogP contribution in [0.25, 0.3) is 0 Å². The maximum Gasteiger partial charge on any atom is 0.122 e. The number of nitrogens with two attached hydrogens (primary N) is 1. The Bertz CT molecular complexity index is 630. The van der Waals surface area contributed by atoms with E-state index >= 15 is 0 Å². The predicted octanol–water partition coefficient (Wildman–Crippen LogP) is 3.94. The van der Waals surface area contributed by atoms with Crippen molar-refractivity contribution in [2.24, 2.45) is 0 Å². The summed E-state index contributed by atoms with van der Waals surface area (Å²) in [5.74, 6) is 3.37. The molecule has 1 aliphatic rings. The zero-order valence-electron chi connectivity index (χ0n) is 12.0. The Morgan fingerprint density at radius 1 is 1.29 bits per heavy atom. The molecule has 0 amide bonds. The molecule has 4 heteroatoms. The lowest BCUT2D eigenvalue weighted by atomic mass is 9.95. The van der Waals surface area contributed by atoms with Crippen LogP contribution in [-0.4, -0.2) is 19.5 Å². The molecule has 0 aliphatic carbocycles. The largest absolute Gasteiger partial charge is 0.497 e. The topological polar surface area (TPSA) is 44.5 Å². The molecule has 21 heavy (non-hydrogen) atoms. The second-order valence-electron chi connectivity index (χ2n) is 5.09. The number of hydrogen-bond donors (Lipinski definition) is 1. The van der Waals surface area contributed by atoms with Gasteiger partial charge in [-0.2, -0.15) is 0 Å². The minimum Gasteiger partial charge on any atom is -0.497 e. The van der Waals surface area contributed by atoms with E-state index in [-0.39, 0.29) is 0 Å². The van der Waals surface area contributed by atoms with E-state index in [9.17, 15) is 0 Å². The summed E-state index contributed by atoms with van der Waals surface area (Å²) in [6.45, 7) is 0.788. The number of nitrogen functional groups attached to an aromatic ring is 1. The number of para-hydroxylation sites is 1. The van der Waals surface area contributed by atoms with Gasteiger partial charge in [0.15, 0.2) is 0 Å². The Morgan fingerprint density at radius 2 is 2.14 bits per heavy atom. The number of thioether (sulfide) groups is 1. The minimum atomic E-state index is 0.505. The Balaban J connectivity index is 1.74. The first kappa shape index (κ1) is 14.1. The standard InChI is InChI=1S/C17H19NO2S/c1-19-13-6-7-15(18)17(10-13)21-11-12-8-9-20-16-5-3-2-4-14(12)16/h2-7,10,12H,8-9,11,18H2,1H3. The number of methoxy groups -OCH3 is 1. The number of anilines is 1. The van der Waals surface area contributed by atoms with E-state index in [1.807, 2.05) is 30.3 Å². The lowest BCUT2D eigenvalue weighted by molar-refractivity contribution is 0.273. The molecule has 0 radical (unpaired) electrons. The van der Waals surface area contributed by atoms with Gasteiger partial charge in [-0.1, -0.05) is 18.2 Å². The van der Waals surface area contributed by atoms with Gasteiger partial charge in [-0.15, -0.1) is 11.8 Å². The van der Waals surface area contributed by atoms with Gasteiger partial charge < -0.3 is 15.2 Å². The Hall–Kier alpha value is -1.81. The summed E-state index contributed by atoms with van der Waals surface area (Å²) in [5, 5.41) is 0. The van der Waals surface area contributed by atoms with Gasteiger partial charge in [0.2, 0.25) is 0 Å². The van der Waals surface area contributed by atoms with Crippen molar-refractivity contribution in [1.82, 2.24) is 0 Å². The smallest absolute Gasteiger partial charge is 0.122 e. The zero-order valence-corrected chi connectivity index (χ0v) is 12.9. The van der Waals surface area contributed by atoms with E-state index < -0.39 is 0 Å². The fourth-order valence-electron chi connectivity index (χ4n) is 2.55. The second kappa shape index (κ2) is 6.31. The molecule has 2 aromatic carbocycles. The lowest BCUT2D eigenvalue weighted by Crippen LogP contribution is -2.15. The summed E-state index contributed by atoms with van der Waals surface area (Å²) in [6, 6.07) is 14.1. The minimum absolute atomic E-state index is 0.505. The zero-order chi connectivity index (χ0) is 14.7. The van der Waals surface area contributed by atoms with Gasteiger partial charge in [-0.3, -0.25) is 0 Å². The third-order valence-electron chi connectivity index (χ3n) is 3.74. The third kappa shape index (κ3) is 3.10. The van der Waals surface area contributed by atoms with Crippen molar-refractivity contribution >= 4 is 17.4 Å². The predicted molar refractivity (Wildman–Crippen MR) is 87.4 cm³/mol. The van der Waals surface area contributed by atoms with Crippen LogP contribution in [0.4, 0.5) is 5.69 Å². The molecule has 1 atom stereocenters. The first-order valence-electron chi connectivity index (χ1n) is 7.06. The fourth-order valence-corrected chi connectivity index (χ4v) is 3.71. The summed E-state index contributed by atoms with van der Waals surface area (Å²) in [7, 11) is 1.68. The maximum absolute atomic E-state index is 6.05. The highest BCUT2D eigenvalue weighted by molar-refractivity contribution is 7.99. The van der Waals surface area contributed by atoms with Crippen LogP contribution in [0.5, 0.6) is 11.5 Å². The van der Waals surface area contributed by atoms with Crippen molar-refractivity contribution in [3.8, 4) is 11.5 Å². The van der Waals surface area contributed by atoms with Crippen molar-refractivity contribution < 1.29 is 9.47 Å². The SMILES string of the molecule is COc1ccc(N)c(SCC2CCOc3ccccc32)c1. The Kier molecular flexibility index (Phi) is 4.25. The van der Waals surface area contributed by atoms with Gasteiger partial charge >= 0.3 is 0 Å². The molecule has 1 unspecified atom stereocenters. The van der Waals surface area contributed by atoms with Crippen LogP contribution in [0.2, 0.25) is 0 Å². The number of rotatable bonds is 4. The van der Waals surface area contributed by atoms with E-state index in [0.29, 0.717) is 5.92 Å². The molecular formula is C17H19NO2S. The van der Waals surface area contributed by atoms with Gasteiger partial charge in [0.05, 0.1) is 13.7 Å². The number of hydrogen-bond acceptors (Lipinski definition) is 4. The average molecular weight is 301 g/mol. The highest BCUT2D eigenvalue weighted by Crippen LogP contribution is 2.38. The van der Waals surface area contributed by atoms with Crippen molar-refractivity contribution in [2.45, 2.75) is 17.2 Å². The number of benzene rings is 2. The van der Waals surface area contributed by atoms with E-state index in [2.05, 4.69) is 12.1 Å². The van der Waals surface area contributed by atoms with E-state index in [1.165, 1.54) is 5.56 Å². The van der Waals surface area contributed by atoms with Crippen molar-refractivity contribution in [3.05, 3.63) is 48.0 Å². The summed E-state index contributed by atoms with van der Waals surface area (Å²) in [5.41, 5.74) is 8.16.